The fraction of sp³-hybridized carbons (Fsp3) is 0.438. The van der Waals surface area contributed by atoms with Gasteiger partial charge in [0.1, 0.15) is 0 Å². The molecule has 1 N–H and O–H groups in total. The Morgan fingerprint density at radius 3 is 2.68 bits per heavy atom. The molecule has 1 saturated carbocycles. The quantitative estimate of drug-likeness (QED) is 0.914. The maximum Gasteiger partial charge on any atom is 0.287 e. The lowest BCUT2D eigenvalue weighted by Gasteiger charge is -2.17. The van der Waals surface area contributed by atoms with Crippen LogP contribution in [0.4, 0.5) is 0 Å². The third-order valence-electron chi connectivity index (χ3n) is 3.92. The number of imidazole rings is 1. The van der Waals surface area contributed by atoms with Crippen LogP contribution in [0.25, 0.3) is 5.52 Å². The summed E-state index contributed by atoms with van der Waals surface area (Å²) in [6, 6.07) is 5.75. The van der Waals surface area contributed by atoms with Gasteiger partial charge in [0.05, 0.1) is 5.52 Å². The predicted molar refractivity (Wildman–Crippen MR) is 82.9 cm³/mol. The van der Waals surface area contributed by atoms with Crippen molar-refractivity contribution in [2.24, 2.45) is 0 Å². The third-order valence-corrected chi connectivity index (χ3v) is 3.92. The maximum atomic E-state index is 12.6. The molecule has 1 fully saturated rings. The van der Waals surface area contributed by atoms with Crippen LogP contribution < -0.4 is 5.32 Å². The summed E-state index contributed by atoms with van der Waals surface area (Å²) in [4.78, 5) is 31.0. The summed E-state index contributed by atoms with van der Waals surface area (Å²) in [6.45, 7) is 5.09. The van der Waals surface area contributed by atoms with E-state index in [2.05, 4.69) is 10.3 Å². The molecule has 2 aromatic rings. The number of nitrogens with zero attached hydrogens (tertiary/aromatic N) is 3. The first kappa shape index (κ1) is 14.6. The van der Waals surface area contributed by atoms with Crippen molar-refractivity contribution in [2.75, 3.05) is 13.1 Å². The van der Waals surface area contributed by atoms with Gasteiger partial charge in [-0.25, -0.2) is 4.98 Å². The highest BCUT2D eigenvalue weighted by Crippen LogP contribution is 2.20. The van der Waals surface area contributed by atoms with Crippen LogP contribution in [-0.4, -0.2) is 45.2 Å². The minimum atomic E-state index is -0.220. The molecule has 22 heavy (non-hydrogen) atoms. The SMILES string of the molecule is CCN(CC)C(=O)c1nc(C(=O)NC2CC2)n2ccccc12. The number of fused-ring (bicyclic) bond motifs is 1. The lowest BCUT2D eigenvalue weighted by atomic mass is 10.3. The van der Waals surface area contributed by atoms with E-state index in [1.807, 2.05) is 32.0 Å². The average Bonchev–Trinajstić information content (AvgIpc) is 3.25. The topological polar surface area (TPSA) is 66.7 Å². The van der Waals surface area contributed by atoms with Crippen LogP contribution in [0, 0.1) is 0 Å². The molecule has 3 rings (SSSR count). The second kappa shape index (κ2) is 5.79. The number of rotatable bonds is 5. The van der Waals surface area contributed by atoms with Gasteiger partial charge in [-0.15, -0.1) is 0 Å². The summed E-state index contributed by atoms with van der Waals surface area (Å²) in [5.41, 5.74) is 1.01. The number of carbonyl (C=O) groups is 2. The summed E-state index contributed by atoms with van der Waals surface area (Å²) in [5, 5.41) is 2.92. The molecule has 0 unspecified atom stereocenters. The average molecular weight is 300 g/mol. The zero-order valence-corrected chi connectivity index (χ0v) is 12.9. The normalized spacial score (nSPS) is 14.1. The van der Waals surface area contributed by atoms with Gasteiger partial charge in [-0.3, -0.25) is 14.0 Å². The molecule has 0 bridgehead atoms. The van der Waals surface area contributed by atoms with Crippen molar-refractivity contribution in [1.29, 1.82) is 0 Å². The first-order valence-corrected chi connectivity index (χ1v) is 7.72. The summed E-state index contributed by atoms with van der Waals surface area (Å²) in [5.74, 6) is -0.0838. The predicted octanol–water partition coefficient (Wildman–Crippen LogP) is 1.71. The van der Waals surface area contributed by atoms with Gasteiger partial charge in [0.25, 0.3) is 11.8 Å². The Labute approximate surface area is 129 Å². The van der Waals surface area contributed by atoms with Crippen molar-refractivity contribution in [3.8, 4) is 0 Å². The fourth-order valence-electron chi connectivity index (χ4n) is 2.49. The Hall–Kier alpha value is -2.37. The lowest BCUT2D eigenvalue weighted by Crippen LogP contribution is -2.31. The van der Waals surface area contributed by atoms with Crippen molar-refractivity contribution in [3.63, 3.8) is 0 Å². The number of hydrogen-bond acceptors (Lipinski definition) is 3. The molecular formula is C16H20N4O2. The van der Waals surface area contributed by atoms with E-state index >= 15 is 0 Å². The zero-order chi connectivity index (χ0) is 15.7. The van der Waals surface area contributed by atoms with E-state index in [-0.39, 0.29) is 23.7 Å². The highest BCUT2D eigenvalue weighted by molar-refractivity contribution is 6.02. The van der Waals surface area contributed by atoms with Gasteiger partial charge in [-0.05, 0) is 38.8 Å². The van der Waals surface area contributed by atoms with Gasteiger partial charge in [-0.2, -0.15) is 0 Å². The first-order valence-electron chi connectivity index (χ1n) is 7.72. The molecule has 2 heterocycles. The number of amides is 2. The van der Waals surface area contributed by atoms with Crippen LogP contribution in [0.5, 0.6) is 0 Å². The minimum Gasteiger partial charge on any atom is -0.347 e. The molecule has 116 valence electrons. The zero-order valence-electron chi connectivity index (χ0n) is 12.9. The standard InChI is InChI=1S/C16H20N4O2/c1-3-19(4-2)16(22)13-12-7-5-6-10-20(12)14(18-13)15(21)17-11-8-9-11/h5-7,10-11H,3-4,8-9H2,1-2H3,(H,17,21). The van der Waals surface area contributed by atoms with Gasteiger partial charge in [-0.1, -0.05) is 6.07 Å². The van der Waals surface area contributed by atoms with E-state index in [0.29, 0.717) is 24.3 Å². The molecule has 6 heteroatoms. The van der Waals surface area contributed by atoms with Crippen molar-refractivity contribution >= 4 is 17.3 Å². The second-order valence-corrected chi connectivity index (χ2v) is 5.47. The Balaban J connectivity index is 2.03. The fourth-order valence-corrected chi connectivity index (χ4v) is 2.49. The highest BCUT2D eigenvalue weighted by atomic mass is 16.2. The van der Waals surface area contributed by atoms with Crippen molar-refractivity contribution in [1.82, 2.24) is 19.6 Å². The van der Waals surface area contributed by atoms with E-state index in [9.17, 15) is 9.59 Å². The Bertz CT molecular complexity index is 714. The molecular weight excluding hydrogens is 280 g/mol. The molecule has 0 aromatic carbocycles. The van der Waals surface area contributed by atoms with Crippen molar-refractivity contribution < 1.29 is 9.59 Å². The van der Waals surface area contributed by atoms with Gasteiger partial charge < -0.3 is 10.2 Å². The molecule has 0 aliphatic heterocycles. The van der Waals surface area contributed by atoms with E-state index in [1.54, 1.807) is 15.5 Å². The van der Waals surface area contributed by atoms with E-state index in [0.717, 1.165) is 12.8 Å². The molecule has 6 nitrogen and oxygen atoms in total. The second-order valence-electron chi connectivity index (χ2n) is 5.47. The van der Waals surface area contributed by atoms with Crippen LogP contribution >= 0.6 is 0 Å². The minimum absolute atomic E-state index is 0.140. The van der Waals surface area contributed by atoms with Gasteiger partial charge in [0, 0.05) is 25.3 Å². The molecule has 2 amide bonds. The van der Waals surface area contributed by atoms with Crippen LogP contribution in [0.15, 0.2) is 24.4 Å². The van der Waals surface area contributed by atoms with E-state index in [4.69, 9.17) is 0 Å². The smallest absolute Gasteiger partial charge is 0.287 e. The number of aromatic nitrogens is 2. The molecule has 0 spiro atoms. The maximum absolute atomic E-state index is 12.6. The third kappa shape index (κ3) is 2.56. The van der Waals surface area contributed by atoms with Crippen LogP contribution in [-0.2, 0) is 0 Å². The number of hydrogen-bond donors (Lipinski definition) is 1. The summed E-state index contributed by atoms with van der Waals surface area (Å²) < 4.78 is 1.69. The number of nitrogens with one attached hydrogen (secondary N) is 1. The van der Waals surface area contributed by atoms with Crippen molar-refractivity contribution in [3.05, 3.63) is 35.9 Å². The van der Waals surface area contributed by atoms with E-state index < -0.39 is 0 Å². The molecule has 1 aliphatic carbocycles. The molecule has 0 radical (unpaired) electrons. The summed E-state index contributed by atoms with van der Waals surface area (Å²) >= 11 is 0. The summed E-state index contributed by atoms with van der Waals surface area (Å²) in [7, 11) is 0. The Kier molecular flexibility index (Phi) is 3.83. The lowest BCUT2D eigenvalue weighted by molar-refractivity contribution is 0.0769. The molecule has 0 saturated heterocycles. The van der Waals surface area contributed by atoms with Gasteiger partial charge >= 0.3 is 0 Å². The first-order chi connectivity index (χ1) is 10.7. The number of carbonyl (C=O) groups excluding carboxylic acids is 2. The van der Waals surface area contributed by atoms with Crippen LogP contribution in [0.1, 0.15) is 47.8 Å². The molecule has 1 aliphatic rings. The monoisotopic (exact) mass is 300 g/mol. The van der Waals surface area contributed by atoms with Gasteiger partial charge in [0.15, 0.2) is 5.69 Å². The number of pyridine rings is 1. The largest absolute Gasteiger partial charge is 0.347 e. The van der Waals surface area contributed by atoms with Crippen LogP contribution in [0.2, 0.25) is 0 Å². The van der Waals surface area contributed by atoms with Crippen LogP contribution in [0.3, 0.4) is 0 Å². The molecule has 0 atom stereocenters. The highest BCUT2D eigenvalue weighted by Gasteiger charge is 2.28. The van der Waals surface area contributed by atoms with Gasteiger partial charge in [0.2, 0.25) is 5.82 Å². The van der Waals surface area contributed by atoms with Crippen molar-refractivity contribution in [2.45, 2.75) is 32.7 Å². The summed E-state index contributed by atoms with van der Waals surface area (Å²) in [6.07, 6.45) is 3.80. The Morgan fingerprint density at radius 2 is 2.05 bits per heavy atom. The Morgan fingerprint density at radius 1 is 1.32 bits per heavy atom. The molecule has 2 aromatic heterocycles. The van der Waals surface area contributed by atoms with E-state index in [1.165, 1.54) is 0 Å².